The van der Waals surface area contributed by atoms with Crippen molar-refractivity contribution in [1.82, 2.24) is 4.90 Å². The number of hydrogen-bond acceptors (Lipinski definition) is 1. The summed E-state index contributed by atoms with van der Waals surface area (Å²) in [4.78, 5) is 2.25. The summed E-state index contributed by atoms with van der Waals surface area (Å²) in [5.74, 6) is 0. The van der Waals surface area contributed by atoms with Crippen LogP contribution in [0.25, 0.3) is 0 Å². The van der Waals surface area contributed by atoms with Crippen LogP contribution in [0.4, 0.5) is 0 Å². The second-order valence-corrected chi connectivity index (χ2v) is 1.93. The molecule has 44 valence electrons. The van der Waals surface area contributed by atoms with Crippen molar-refractivity contribution in [3.8, 4) is 0 Å². The van der Waals surface area contributed by atoms with Gasteiger partial charge in [-0.1, -0.05) is 6.58 Å². The molecule has 1 aliphatic heterocycles. The van der Waals surface area contributed by atoms with Crippen LogP contribution in [0.5, 0.6) is 0 Å². The van der Waals surface area contributed by atoms with Crippen molar-refractivity contribution < 1.29 is 41.7 Å². The van der Waals surface area contributed by atoms with Crippen LogP contribution in [0.3, 0.4) is 0 Å². The molecule has 2 heteroatoms. The zero-order valence-corrected chi connectivity index (χ0v) is 8.20. The Hall–Kier alpha value is 0.917. The van der Waals surface area contributed by atoms with Crippen molar-refractivity contribution in [2.24, 2.45) is 0 Å². The van der Waals surface area contributed by atoms with Crippen LogP contribution in [-0.4, -0.2) is 18.0 Å². The molecule has 0 bridgehead atoms. The van der Waals surface area contributed by atoms with Crippen molar-refractivity contribution in [2.75, 3.05) is 13.1 Å². The van der Waals surface area contributed by atoms with E-state index in [1.54, 1.807) is 0 Å². The summed E-state index contributed by atoms with van der Waals surface area (Å²) in [5, 5.41) is 0. The summed E-state index contributed by atoms with van der Waals surface area (Å²) in [5.41, 5.74) is 0. The van der Waals surface area contributed by atoms with Gasteiger partial charge in [-0.2, -0.15) is 0 Å². The van der Waals surface area contributed by atoms with Gasteiger partial charge in [0, 0.05) is 54.8 Å². The fourth-order valence-electron chi connectivity index (χ4n) is 0.924. The van der Waals surface area contributed by atoms with Gasteiger partial charge in [0.05, 0.1) is 0 Å². The van der Waals surface area contributed by atoms with Gasteiger partial charge in [-0.25, -0.2) is 0 Å². The topological polar surface area (TPSA) is 3.24 Å². The summed E-state index contributed by atoms with van der Waals surface area (Å²) in [6.07, 6.45) is 4.63. The summed E-state index contributed by atoms with van der Waals surface area (Å²) in [6.45, 7) is 6.12. The third-order valence-corrected chi connectivity index (χ3v) is 1.40. The quantitative estimate of drug-likeness (QED) is 0.663. The minimum Gasteiger partial charge on any atom is -0.378 e. The molecule has 0 aromatic carbocycles. The molecular weight excluding hydrogens is 226 g/mol. The molecule has 0 amide bonds. The molecule has 8 heavy (non-hydrogen) atoms. The van der Waals surface area contributed by atoms with E-state index in [1.807, 2.05) is 6.20 Å². The van der Waals surface area contributed by atoms with Gasteiger partial charge in [0.1, 0.15) is 0 Å². The molecule has 0 aromatic rings. The average Bonchev–Trinajstić information content (AvgIpc) is 2.14. The first-order valence-electron chi connectivity index (χ1n) is 2.80. The maximum Gasteiger partial charge on any atom is 0.0172 e. The standard InChI is InChI=1S/C6H11N.Ce/c1-2-7-5-3-4-6-7;/h2H,1,3-6H2;. The van der Waals surface area contributed by atoms with E-state index in [0.29, 0.717) is 0 Å². The average molecular weight is 237 g/mol. The molecule has 1 fully saturated rings. The van der Waals surface area contributed by atoms with E-state index in [-0.39, 0.29) is 41.7 Å². The van der Waals surface area contributed by atoms with Gasteiger partial charge in [-0.3, -0.25) is 0 Å². The molecule has 1 rings (SSSR count). The number of rotatable bonds is 1. The Labute approximate surface area is 84.5 Å². The minimum absolute atomic E-state index is 0. The minimum atomic E-state index is 0. The van der Waals surface area contributed by atoms with Crippen LogP contribution in [-0.2, 0) is 0 Å². The Morgan fingerprint density at radius 1 is 1.25 bits per heavy atom. The Kier molecular flexibility index (Phi) is 5.31. The number of hydrogen-bond donors (Lipinski definition) is 0. The SMILES string of the molecule is C=CN1CCCC1.[Ce]. The summed E-state index contributed by atoms with van der Waals surface area (Å²) in [6, 6.07) is 0. The summed E-state index contributed by atoms with van der Waals surface area (Å²) >= 11 is 0. The number of nitrogens with zero attached hydrogens (tertiary/aromatic N) is 1. The van der Waals surface area contributed by atoms with Gasteiger partial charge in [0.25, 0.3) is 0 Å². The third-order valence-electron chi connectivity index (χ3n) is 1.40. The molecule has 0 saturated carbocycles. The van der Waals surface area contributed by atoms with Gasteiger partial charge >= 0.3 is 0 Å². The van der Waals surface area contributed by atoms with Gasteiger partial charge in [0.15, 0.2) is 0 Å². The van der Waals surface area contributed by atoms with Gasteiger partial charge in [-0.05, 0) is 19.0 Å². The Bertz CT molecular complexity index is 66.9. The van der Waals surface area contributed by atoms with Crippen molar-refractivity contribution in [3.05, 3.63) is 12.8 Å². The van der Waals surface area contributed by atoms with Crippen LogP contribution in [0, 0.1) is 41.7 Å². The van der Waals surface area contributed by atoms with Crippen LogP contribution < -0.4 is 0 Å². The normalized spacial score (nSPS) is 17.8. The van der Waals surface area contributed by atoms with E-state index < -0.39 is 0 Å². The predicted octanol–water partition coefficient (Wildman–Crippen LogP) is 1.23. The number of likely N-dealkylation sites (tertiary alicyclic amines) is 1. The van der Waals surface area contributed by atoms with Crippen LogP contribution >= 0.6 is 0 Å². The van der Waals surface area contributed by atoms with Crippen LogP contribution in [0.15, 0.2) is 12.8 Å². The molecule has 0 aromatic heterocycles. The maximum atomic E-state index is 3.67. The zero-order valence-electron chi connectivity index (χ0n) is 5.06. The molecule has 1 nitrogen and oxygen atoms in total. The molecule has 1 heterocycles. The van der Waals surface area contributed by atoms with E-state index in [1.165, 1.54) is 25.9 Å². The molecule has 0 radical (unpaired) electrons. The molecule has 1 aliphatic rings. The third kappa shape index (κ3) is 2.46. The molecule has 0 N–H and O–H groups in total. The fraction of sp³-hybridized carbons (Fsp3) is 0.667. The van der Waals surface area contributed by atoms with Crippen LogP contribution in [0.2, 0.25) is 0 Å². The largest absolute Gasteiger partial charge is 0.378 e. The van der Waals surface area contributed by atoms with Crippen molar-refractivity contribution >= 4 is 0 Å². The first-order valence-corrected chi connectivity index (χ1v) is 2.80. The Balaban J connectivity index is 0.000000490. The van der Waals surface area contributed by atoms with E-state index in [0.717, 1.165) is 0 Å². The van der Waals surface area contributed by atoms with Gasteiger partial charge < -0.3 is 4.90 Å². The first kappa shape index (κ1) is 8.92. The summed E-state index contributed by atoms with van der Waals surface area (Å²) in [7, 11) is 0. The van der Waals surface area contributed by atoms with Gasteiger partial charge in [-0.15, -0.1) is 0 Å². The van der Waals surface area contributed by atoms with E-state index in [9.17, 15) is 0 Å². The first-order chi connectivity index (χ1) is 3.43. The monoisotopic (exact) mass is 237 g/mol. The Morgan fingerprint density at radius 3 is 2.00 bits per heavy atom. The molecule has 0 atom stereocenters. The molecular formula is C6H11CeN. The molecule has 0 unspecified atom stereocenters. The molecule has 1 saturated heterocycles. The second kappa shape index (κ2) is 4.76. The van der Waals surface area contributed by atoms with Crippen molar-refractivity contribution in [3.63, 3.8) is 0 Å². The second-order valence-electron chi connectivity index (χ2n) is 1.93. The van der Waals surface area contributed by atoms with E-state index >= 15 is 0 Å². The van der Waals surface area contributed by atoms with Gasteiger partial charge in [0.2, 0.25) is 0 Å². The van der Waals surface area contributed by atoms with Crippen molar-refractivity contribution in [1.29, 1.82) is 0 Å². The van der Waals surface area contributed by atoms with Crippen molar-refractivity contribution in [2.45, 2.75) is 12.8 Å². The predicted molar refractivity (Wildman–Crippen MR) is 31.0 cm³/mol. The fourth-order valence-corrected chi connectivity index (χ4v) is 0.924. The maximum absolute atomic E-state index is 3.67. The van der Waals surface area contributed by atoms with E-state index in [4.69, 9.17) is 0 Å². The van der Waals surface area contributed by atoms with Crippen LogP contribution in [0.1, 0.15) is 12.8 Å². The van der Waals surface area contributed by atoms with E-state index in [2.05, 4.69) is 11.5 Å². The zero-order chi connectivity index (χ0) is 5.11. The smallest absolute Gasteiger partial charge is 0.0172 e. The molecule has 0 aliphatic carbocycles. The summed E-state index contributed by atoms with van der Waals surface area (Å²) < 4.78 is 0. The molecule has 0 spiro atoms. The Morgan fingerprint density at radius 2 is 1.75 bits per heavy atom.